The Morgan fingerprint density at radius 2 is 2.28 bits per heavy atom. The normalized spacial score (nSPS) is 10.6. The lowest BCUT2D eigenvalue weighted by atomic mass is 10.3. The van der Waals surface area contributed by atoms with E-state index in [1.165, 1.54) is 0 Å². The molecule has 0 spiro atoms. The largest absolute Gasteiger partial charge is 0.466 e. The molecular weight excluding hydrogens is 234 g/mol. The second kappa shape index (κ2) is 8.63. The number of nitrogens with zero attached hydrogens (tertiary/aromatic N) is 2. The second-order valence-corrected chi connectivity index (χ2v) is 3.94. The fourth-order valence-corrected chi connectivity index (χ4v) is 1.47. The van der Waals surface area contributed by atoms with Crippen molar-refractivity contribution in [2.24, 2.45) is 0 Å². The van der Waals surface area contributed by atoms with Crippen LogP contribution in [0, 0.1) is 0 Å². The lowest BCUT2D eigenvalue weighted by Crippen LogP contribution is -2.17. The molecule has 0 bridgehead atoms. The van der Waals surface area contributed by atoms with Crippen molar-refractivity contribution in [2.45, 2.75) is 46.1 Å². The zero-order valence-electron chi connectivity index (χ0n) is 11.1. The molecule has 1 aromatic rings. The first-order chi connectivity index (χ1) is 8.76. The summed E-state index contributed by atoms with van der Waals surface area (Å²) >= 11 is 0. The van der Waals surface area contributed by atoms with Gasteiger partial charge in [0, 0.05) is 12.8 Å². The molecule has 102 valence electrons. The number of aryl methyl sites for hydroxylation is 1. The first kappa shape index (κ1) is 14.6. The van der Waals surface area contributed by atoms with E-state index < -0.39 is 0 Å². The number of rotatable bonds is 9. The maximum absolute atomic E-state index is 11.1. The summed E-state index contributed by atoms with van der Waals surface area (Å²) in [7, 11) is 0. The van der Waals surface area contributed by atoms with E-state index in [1.54, 1.807) is 6.92 Å². The molecule has 0 saturated heterocycles. The van der Waals surface area contributed by atoms with E-state index in [1.807, 2.05) is 0 Å². The Hall–Kier alpha value is -1.43. The van der Waals surface area contributed by atoms with Gasteiger partial charge in [0.1, 0.15) is 0 Å². The highest BCUT2D eigenvalue weighted by Gasteiger charge is 2.05. The molecule has 0 aliphatic carbocycles. The molecule has 18 heavy (non-hydrogen) atoms. The van der Waals surface area contributed by atoms with E-state index in [0.29, 0.717) is 31.3 Å². The standard InChI is InChI=1S/C12H21N3O3/c1-3-6-11-14-10(15-18-11)9-13-8-5-7-12(16)17-4-2/h13H,3-9H2,1-2H3. The van der Waals surface area contributed by atoms with Crippen molar-refractivity contribution in [1.82, 2.24) is 15.5 Å². The highest BCUT2D eigenvalue weighted by atomic mass is 16.5. The van der Waals surface area contributed by atoms with Crippen LogP contribution in [-0.4, -0.2) is 29.3 Å². The van der Waals surface area contributed by atoms with Crippen LogP contribution >= 0.6 is 0 Å². The third-order valence-electron chi connectivity index (χ3n) is 2.30. The summed E-state index contributed by atoms with van der Waals surface area (Å²) < 4.78 is 9.89. The minimum Gasteiger partial charge on any atom is -0.466 e. The van der Waals surface area contributed by atoms with E-state index in [0.717, 1.165) is 25.8 Å². The van der Waals surface area contributed by atoms with E-state index in [4.69, 9.17) is 9.26 Å². The predicted octanol–water partition coefficient (Wildman–Crippen LogP) is 1.45. The van der Waals surface area contributed by atoms with E-state index in [9.17, 15) is 4.79 Å². The Bertz CT molecular complexity index is 352. The summed E-state index contributed by atoms with van der Waals surface area (Å²) in [6.45, 7) is 5.61. The van der Waals surface area contributed by atoms with Gasteiger partial charge in [0.25, 0.3) is 0 Å². The molecule has 6 nitrogen and oxygen atoms in total. The number of carbonyl (C=O) groups is 1. The molecule has 6 heteroatoms. The molecule has 0 aliphatic heterocycles. The fourth-order valence-electron chi connectivity index (χ4n) is 1.47. The van der Waals surface area contributed by atoms with Crippen LogP contribution in [0.15, 0.2) is 4.52 Å². The number of aromatic nitrogens is 2. The average Bonchev–Trinajstić information content (AvgIpc) is 2.77. The molecule has 1 heterocycles. The van der Waals surface area contributed by atoms with E-state index >= 15 is 0 Å². The number of carbonyl (C=O) groups excluding carboxylic acids is 1. The zero-order valence-corrected chi connectivity index (χ0v) is 11.1. The van der Waals surface area contributed by atoms with Crippen LogP contribution in [-0.2, 0) is 22.5 Å². The highest BCUT2D eigenvalue weighted by Crippen LogP contribution is 2.00. The molecule has 0 saturated carbocycles. The lowest BCUT2D eigenvalue weighted by Gasteiger charge is -2.02. The molecule has 0 aromatic carbocycles. The number of nitrogens with one attached hydrogen (secondary N) is 1. The van der Waals surface area contributed by atoms with Crippen molar-refractivity contribution in [1.29, 1.82) is 0 Å². The Morgan fingerprint density at radius 1 is 1.44 bits per heavy atom. The summed E-state index contributed by atoms with van der Waals surface area (Å²) in [6.07, 6.45) is 3.00. The molecule has 0 atom stereocenters. The summed E-state index contributed by atoms with van der Waals surface area (Å²) in [6, 6.07) is 0. The molecule has 1 N–H and O–H groups in total. The van der Waals surface area contributed by atoms with Gasteiger partial charge in [-0.15, -0.1) is 0 Å². The molecular formula is C12H21N3O3. The van der Waals surface area contributed by atoms with Crippen LogP contribution in [0.2, 0.25) is 0 Å². The number of hydrogen-bond acceptors (Lipinski definition) is 6. The second-order valence-electron chi connectivity index (χ2n) is 3.94. The topological polar surface area (TPSA) is 77.2 Å². The summed E-state index contributed by atoms with van der Waals surface area (Å²) in [4.78, 5) is 15.3. The van der Waals surface area contributed by atoms with Crippen LogP contribution in [0.25, 0.3) is 0 Å². The van der Waals surface area contributed by atoms with Crippen LogP contribution in [0.3, 0.4) is 0 Å². The number of hydrogen-bond donors (Lipinski definition) is 1. The van der Waals surface area contributed by atoms with Crippen molar-refractivity contribution >= 4 is 5.97 Å². The van der Waals surface area contributed by atoms with E-state index in [2.05, 4.69) is 22.4 Å². The van der Waals surface area contributed by atoms with Gasteiger partial charge < -0.3 is 14.6 Å². The van der Waals surface area contributed by atoms with Gasteiger partial charge in [-0.25, -0.2) is 0 Å². The average molecular weight is 255 g/mol. The van der Waals surface area contributed by atoms with Gasteiger partial charge in [0.15, 0.2) is 5.82 Å². The summed E-state index contributed by atoms with van der Waals surface area (Å²) in [5, 5.41) is 7.02. The minimum atomic E-state index is -0.149. The van der Waals surface area contributed by atoms with Gasteiger partial charge in [-0.1, -0.05) is 12.1 Å². The molecule has 0 fully saturated rings. The van der Waals surface area contributed by atoms with Crippen molar-refractivity contribution in [3.8, 4) is 0 Å². The Morgan fingerprint density at radius 3 is 3.00 bits per heavy atom. The molecule has 0 amide bonds. The van der Waals surface area contributed by atoms with Crippen molar-refractivity contribution in [2.75, 3.05) is 13.2 Å². The SMILES string of the molecule is CCCc1nc(CNCCCC(=O)OCC)no1. The molecule has 1 aromatic heterocycles. The smallest absolute Gasteiger partial charge is 0.305 e. The third kappa shape index (κ3) is 5.77. The summed E-state index contributed by atoms with van der Waals surface area (Å²) in [5.74, 6) is 1.19. The van der Waals surface area contributed by atoms with Crippen LogP contribution in [0.1, 0.15) is 44.8 Å². The first-order valence-electron chi connectivity index (χ1n) is 6.44. The first-order valence-corrected chi connectivity index (χ1v) is 6.44. The Kier molecular flexibility index (Phi) is 7.01. The third-order valence-corrected chi connectivity index (χ3v) is 2.30. The molecule has 0 aliphatic rings. The van der Waals surface area contributed by atoms with Crippen LogP contribution < -0.4 is 5.32 Å². The summed E-state index contributed by atoms with van der Waals surface area (Å²) in [5.41, 5.74) is 0. The molecule has 0 unspecified atom stereocenters. The monoisotopic (exact) mass is 255 g/mol. The number of ether oxygens (including phenoxy) is 1. The molecule has 0 radical (unpaired) electrons. The maximum Gasteiger partial charge on any atom is 0.305 e. The maximum atomic E-state index is 11.1. The van der Waals surface area contributed by atoms with Gasteiger partial charge in [-0.3, -0.25) is 4.79 Å². The Balaban J connectivity index is 2.08. The lowest BCUT2D eigenvalue weighted by molar-refractivity contribution is -0.143. The van der Waals surface area contributed by atoms with Gasteiger partial charge in [0.05, 0.1) is 13.2 Å². The minimum absolute atomic E-state index is 0.149. The van der Waals surface area contributed by atoms with Crippen LogP contribution in [0.4, 0.5) is 0 Å². The van der Waals surface area contributed by atoms with Gasteiger partial charge >= 0.3 is 5.97 Å². The fraction of sp³-hybridized carbons (Fsp3) is 0.750. The quantitative estimate of drug-likeness (QED) is 0.531. The number of esters is 1. The highest BCUT2D eigenvalue weighted by molar-refractivity contribution is 5.69. The Labute approximate surface area is 107 Å². The predicted molar refractivity (Wildman–Crippen MR) is 65.9 cm³/mol. The van der Waals surface area contributed by atoms with E-state index in [-0.39, 0.29) is 5.97 Å². The van der Waals surface area contributed by atoms with Gasteiger partial charge in [-0.2, -0.15) is 4.98 Å². The van der Waals surface area contributed by atoms with Gasteiger partial charge in [-0.05, 0) is 26.3 Å². The van der Waals surface area contributed by atoms with Gasteiger partial charge in [0.2, 0.25) is 5.89 Å². The van der Waals surface area contributed by atoms with Crippen LogP contribution in [0.5, 0.6) is 0 Å². The molecule has 1 rings (SSSR count). The van der Waals surface area contributed by atoms with Crippen molar-refractivity contribution in [3.05, 3.63) is 11.7 Å². The zero-order chi connectivity index (χ0) is 13.2. The van der Waals surface area contributed by atoms with Crippen molar-refractivity contribution in [3.63, 3.8) is 0 Å². The van der Waals surface area contributed by atoms with Crippen molar-refractivity contribution < 1.29 is 14.1 Å².